The number of H-pyrrole nitrogens is 1. The van der Waals surface area contributed by atoms with Gasteiger partial charge in [-0.1, -0.05) is 23.8 Å². The van der Waals surface area contributed by atoms with Crippen LogP contribution in [0.5, 0.6) is 0 Å². The molecule has 1 aromatic heterocycles. The van der Waals surface area contributed by atoms with Crippen LogP contribution >= 0.6 is 39.7 Å². The summed E-state index contributed by atoms with van der Waals surface area (Å²) in [6, 6.07) is 4.24. The summed E-state index contributed by atoms with van der Waals surface area (Å²) < 4.78 is 14.4. The molecule has 0 atom stereocenters. The van der Waals surface area contributed by atoms with Crippen molar-refractivity contribution in [3.8, 4) is 11.4 Å². The number of halogens is 3. The molecule has 0 unspecified atom stereocenters. The summed E-state index contributed by atoms with van der Waals surface area (Å²) >= 11 is 14.8. The average Bonchev–Trinajstić information content (AvgIpc) is 3.17. The number of nitrogens with zero attached hydrogens (tertiary/aromatic N) is 1. The monoisotopic (exact) mass is 358 g/mol. The first-order chi connectivity index (χ1) is 9.06. The zero-order valence-electron chi connectivity index (χ0n) is 9.71. The number of hydrogen-bond acceptors (Lipinski definition) is 2. The van der Waals surface area contributed by atoms with E-state index < -0.39 is 0 Å². The summed E-state index contributed by atoms with van der Waals surface area (Å²) in [5, 5.41) is 0.321. The first kappa shape index (κ1) is 13.2. The first-order valence-electron chi connectivity index (χ1n) is 5.81. The van der Waals surface area contributed by atoms with Gasteiger partial charge in [0.1, 0.15) is 16.3 Å². The Morgan fingerprint density at radius 1 is 1.42 bits per heavy atom. The molecule has 1 fully saturated rings. The van der Waals surface area contributed by atoms with E-state index in [1.165, 1.54) is 12.1 Å². The normalized spacial score (nSPS) is 14.7. The van der Waals surface area contributed by atoms with E-state index in [2.05, 4.69) is 25.9 Å². The van der Waals surface area contributed by atoms with E-state index in [9.17, 15) is 4.39 Å². The summed E-state index contributed by atoms with van der Waals surface area (Å²) in [6.07, 6.45) is 2.29. The highest BCUT2D eigenvalue weighted by molar-refractivity contribution is 9.10. The summed E-state index contributed by atoms with van der Waals surface area (Å²) in [5.74, 6) is 0.712. The van der Waals surface area contributed by atoms with Crippen LogP contribution in [0.2, 0.25) is 5.02 Å². The van der Waals surface area contributed by atoms with Crippen molar-refractivity contribution in [2.75, 3.05) is 0 Å². The summed E-state index contributed by atoms with van der Waals surface area (Å²) in [5.41, 5.74) is 1.71. The van der Waals surface area contributed by atoms with Crippen LogP contribution in [0.25, 0.3) is 11.4 Å². The summed E-state index contributed by atoms with van der Waals surface area (Å²) in [7, 11) is 0. The van der Waals surface area contributed by atoms with Crippen molar-refractivity contribution >= 4 is 39.7 Å². The lowest BCUT2D eigenvalue weighted by atomic mass is 10.2. The van der Waals surface area contributed by atoms with E-state index in [0.29, 0.717) is 27.0 Å². The van der Waals surface area contributed by atoms with E-state index >= 15 is 0 Å². The predicted octanol–water partition coefficient (Wildman–Crippen LogP) is 5.24. The topological polar surface area (TPSA) is 28.7 Å². The van der Waals surface area contributed by atoms with E-state index in [1.54, 1.807) is 6.07 Å². The Hall–Kier alpha value is -0.780. The zero-order chi connectivity index (χ0) is 13.6. The Bertz CT molecular complexity index is 712. The van der Waals surface area contributed by atoms with Crippen LogP contribution in [0.15, 0.2) is 22.7 Å². The van der Waals surface area contributed by atoms with Gasteiger partial charge < -0.3 is 4.98 Å². The van der Waals surface area contributed by atoms with E-state index in [1.807, 2.05) is 0 Å². The summed E-state index contributed by atoms with van der Waals surface area (Å²) in [4.78, 5) is 7.57. The molecule has 98 valence electrons. The molecule has 19 heavy (non-hydrogen) atoms. The van der Waals surface area contributed by atoms with Crippen LogP contribution in [0.1, 0.15) is 24.5 Å². The smallest absolute Gasteiger partial charge is 0.144 e. The molecule has 1 aliphatic carbocycles. The quantitative estimate of drug-likeness (QED) is 0.743. The molecule has 1 aromatic carbocycles. The molecule has 1 aliphatic rings. The van der Waals surface area contributed by atoms with Crippen molar-refractivity contribution in [3.63, 3.8) is 0 Å². The predicted molar refractivity (Wildman–Crippen MR) is 79.5 cm³/mol. The number of benzene rings is 1. The molecule has 3 rings (SSSR count). The molecule has 6 heteroatoms. The molecule has 1 heterocycles. The maximum absolute atomic E-state index is 13.1. The number of hydrogen-bond donors (Lipinski definition) is 1. The van der Waals surface area contributed by atoms with Crippen molar-refractivity contribution in [2.24, 2.45) is 0 Å². The standard InChI is InChI=1S/C13H9BrClFN2S/c14-10-11(6-1-2-6)17-12(18-13(10)19)8-4-3-7(16)5-9(8)15/h3-6H,1-2H2,(H,17,18,19). The van der Waals surface area contributed by atoms with Gasteiger partial charge in [-0.05, 0) is 47.0 Å². The van der Waals surface area contributed by atoms with E-state index in [0.717, 1.165) is 23.0 Å². The van der Waals surface area contributed by atoms with Gasteiger partial charge in [0.15, 0.2) is 0 Å². The third kappa shape index (κ3) is 2.59. The van der Waals surface area contributed by atoms with Crippen molar-refractivity contribution < 1.29 is 4.39 Å². The largest absolute Gasteiger partial charge is 0.342 e. The van der Waals surface area contributed by atoms with Crippen molar-refractivity contribution in [3.05, 3.63) is 43.8 Å². The molecule has 0 spiro atoms. The molecule has 1 N–H and O–H groups in total. The Labute approximate surface area is 128 Å². The second kappa shape index (κ2) is 4.96. The lowest BCUT2D eigenvalue weighted by Crippen LogP contribution is -1.98. The van der Waals surface area contributed by atoms with Gasteiger partial charge in [0, 0.05) is 17.2 Å². The van der Waals surface area contributed by atoms with E-state index in [-0.39, 0.29) is 5.82 Å². The van der Waals surface area contributed by atoms with Gasteiger partial charge in [0.2, 0.25) is 0 Å². The lowest BCUT2D eigenvalue weighted by Gasteiger charge is -2.09. The molecule has 0 amide bonds. The first-order valence-corrected chi connectivity index (χ1v) is 7.39. The van der Waals surface area contributed by atoms with Crippen LogP contribution in [0.3, 0.4) is 0 Å². The highest BCUT2D eigenvalue weighted by Gasteiger charge is 2.27. The van der Waals surface area contributed by atoms with Crippen LogP contribution in [-0.4, -0.2) is 9.97 Å². The van der Waals surface area contributed by atoms with Gasteiger partial charge in [-0.3, -0.25) is 0 Å². The highest BCUT2D eigenvalue weighted by Crippen LogP contribution is 2.43. The van der Waals surface area contributed by atoms with Crippen molar-refractivity contribution in [1.82, 2.24) is 9.97 Å². The molecule has 2 aromatic rings. The Morgan fingerprint density at radius 2 is 2.16 bits per heavy atom. The molecular weight excluding hydrogens is 351 g/mol. The maximum Gasteiger partial charge on any atom is 0.144 e. The molecule has 0 saturated heterocycles. The minimum atomic E-state index is -0.369. The minimum absolute atomic E-state index is 0.321. The summed E-state index contributed by atoms with van der Waals surface area (Å²) in [6.45, 7) is 0. The molecule has 0 aliphatic heterocycles. The molecular formula is C13H9BrClFN2S. The molecule has 1 saturated carbocycles. The Balaban J connectivity index is 2.17. The van der Waals surface area contributed by atoms with Gasteiger partial charge >= 0.3 is 0 Å². The maximum atomic E-state index is 13.1. The Morgan fingerprint density at radius 3 is 2.79 bits per heavy atom. The van der Waals surface area contributed by atoms with Crippen LogP contribution in [0, 0.1) is 10.5 Å². The second-order valence-electron chi connectivity index (χ2n) is 4.52. The zero-order valence-corrected chi connectivity index (χ0v) is 12.9. The van der Waals surface area contributed by atoms with Gasteiger partial charge in [0.25, 0.3) is 0 Å². The second-order valence-corrected chi connectivity index (χ2v) is 6.10. The third-order valence-electron chi connectivity index (χ3n) is 3.06. The fraction of sp³-hybridized carbons (Fsp3) is 0.231. The minimum Gasteiger partial charge on any atom is -0.342 e. The van der Waals surface area contributed by atoms with Crippen molar-refractivity contribution in [2.45, 2.75) is 18.8 Å². The molecule has 0 bridgehead atoms. The van der Waals surface area contributed by atoms with Crippen LogP contribution in [0.4, 0.5) is 4.39 Å². The molecule has 0 radical (unpaired) electrons. The van der Waals surface area contributed by atoms with Gasteiger partial charge in [-0.25, -0.2) is 9.37 Å². The number of rotatable bonds is 2. The van der Waals surface area contributed by atoms with E-state index in [4.69, 9.17) is 23.8 Å². The van der Waals surface area contributed by atoms with Crippen LogP contribution in [-0.2, 0) is 0 Å². The number of nitrogens with one attached hydrogen (secondary N) is 1. The third-order valence-corrected chi connectivity index (χ3v) is 4.74. The fourth-order valence-corrected chi connectivity index (χ4v) is 2.91. The average molecular weight is 360 g/mol. The lowest BCUT2D eigenvalue weighted by molar-refractivity contribution is 0.628. The van der Waals surface area contributed by atoms with Crippen LogP contribution < -0.4 is 0 Å². The van der Waals surface area contributed by atoms with Gasteiger partial charge in [-0.15, -0.1) is 0 Å². The SMILES string of the molecule is Fc1ccc(-c2nc(=S)c(Br)c(C3CC3)[nH]2)c(Cl)c1. The molecule has 2 nitrogen and oxygen atoms in total. The highest BCUT2D eigenvalue weighted by atomic mass is 79.9. The number of aromatic nitrogens is 2. The Kier molecular flexibility index (Phi) is 3.45. The fourth-order valence-electron chi connectivity index (χ4n) is 1.94. The number of aromatic amines is 1. The van der Waals surface area contributed by atoms with Crippen molar-refractivity contribution in [1.29, 1.82) is 0 Å². The van der Waals surface area contributed by atoms with Gasteiger partial charge in [-0.2, -0.15) is 0 Å². The van der Waals surface area contributed by atoms with Gasteiger partial charge in [0.05, 0.1) is 9.50 Å².